The number of nitrogens with one attached hydrogen (secondary N) is 1. The molecule has 1 aliphatic heterocycles. The lowest BCUT2D eigenvalue weighted by molar-refractivity contribution is -0.148. The maximum absolute atomic E-state index is 11.4. The van der Waals surface area contributed by atoms with Crippen molar-refractivity contribution in [2.45, 2.75) is 32.7 Å². The first-order valence-corrected chi connectivity index (χ1v) is 4.98. The zero-order valence-electron chi connectivity index (χ0n) is 8.67. The molecule has 3 heteroatoms. The van der Waals surface area contributed by atoms with E-state index in [1.165, 1.54) is 7.11 Å². The summed E-state index contributed by atoms with van der Waals surface area (Å²) in [4.78, 5) is 11.4. The Hall–Kier alpha value is -0.570. The number of carbonyl (C=O) groups excluding carboxylic acids is 1. The number of esters is 1. The second-order valence-electron chi connectivity index (χ2n) is 4.00. The molecule has 1 N–H and O–H groups in total. The maximum atomic E-state index is 11.4. The van der Waals surface area contributed by atoms with Crippen LogP contribution in [0.2, 0.25) is 0 Å². The highest BCUT2D eigenvalue weighted by atomic mass is 16.5. The van der Waals surface area contributed by atoms with Crippen LogP contribution in [0.4, 0.5) is 0 Å². The van der Waals surface area contributed by atoms with Crippen LogP contribution in [0.15, 0.2) is 0 Å². The van der Waals surface area contributed by atoms with Crippen molar-refractivity contribution >= 4 is 5.97 Å². The van der Waals surface area contributed by atoms with Gasteiger partial charge in [0, 0.05) is 6.04 Å². The van der Waals surface area contributed by atoms with E-state index in [-0.39, 0.29) is 11.9 Å². The molecule has 0 amide bonds. The Kier molecular flexibility index (Phi) is 3.72. The zero-order chi connectivity index (χ0) is 9.84. The summed E-state index contributed by atoms with van der Waals surface area (Å²) < 4.78 is 4.79. The van der Waals surface area contributed by atoms with Crippen molar-refractivity contribution in [3.63, 3.8) is 0 Å². The highest BCUT2D eigenvalue weighted by molar-refractivity contribution is 5.73. The molecular formula is C10H19NO2. The predicted molar refractivity (Wildman–Crippen MR) is 51.4 cm³/mol. The monoisotopic (exact) mass is 185 g/mol. The Balaban J connectivity index is 2.61. The third-order valence-corrected chi connectivity index (χ3v) is 2.73. The molecule has 13 heavy (non-hydrogen) atoms. The summed E-state index contributed by atoms with van der Waals surface area (Å²) >= 11 is 0. The zero-order valence-corrected chi connectivity index (χ0v) is 8.67. The molecule has 2 atom stereocenters. The fraction of sp³-hybridized carbons (Fsp3) is 0.900. The smallest absolute Gasteiger partial charge is 0.310 e. The van der Waals surface area contributed by atoms with E-state index >= 15 is 0 Å². The summed E-state index contributed by atoms with van der Waals surface area (Å²) in [5.41, 5.74) is 0. The van der Waals surface area contributed by atoms with E-state index in [1.807, 2.05) is 0 Å². The fourth-order valence-corrected chi connectivity index (χ4v) is 2.03. The van der Waals surface area contributed by atoms with Gasteiger partial charge >= 0.3 is 5.97 Å². The van der Waals surface area contributed by atoms with Gasteiger partial charge in [-0.1, -0.05) is 13.8 Å². The number of ether oxygens (including phenoxy) is 1. The van der Waals surface area contributed by atoms with Gasteiger partial charge in [-0.3, -0.25) is 4.79 Å². The van der Waals surface area contributed by atoms with Crippen LogP contribution in [0.25, 0.3) is 0 Å². The van der Waals surface area contributed by atoms with Crippen molar-refractivity contribution in [1.29, 1.82) is 0 Å². The van der Waals surface area contributed by atoms with Crippen molar-refractivity contribution in [3.8, 4) is 0 Å². The molecular weight excluding hydrogens is 166 g/mol. The van der Waals surface area contributed by atoms with Gasteiger partial charge < -0.3 is 10.1 Å². The molecule has 0 aromatic heterocycles. The van der Waals surface area contributed by atoms with Gasteiger partial charge in [-0.25, -0.2) is 0 Å². The Bertz CT molecular complexity index is 180. The molecule has 3 nitrogen and oxygen atoms in total. The summed E-state index contributed by atoms with van der Waals surface area (Å²) in [7, 11) is 1.47. The van der Waals surface area contributed by atoms with E-state index in [0.29, 0.717) is 12.0 Å². The number of carbonyl (C=O) groups is 1. The minimum absolute atomic E-state index is 0.0544. The van der Waals surface area contributed by atoms with Gasteiger partial charge in [0.25, 0.3) is 0 Å². The van der Waals surface area contributed by atoms with E-state index < -0.39 is 0 Å². The fourth-order valence-electron chi connectivity index (χ4n) is 2.03. The topological polar surface area (TPSA) is 38.3 Å². The van der Waals surface area contributed by atoms with E-state index in [2.05, 4.69) is 19.2 Å². The van der Waals surface area contributed by atoms with Gasteiger partial charge in [-0.05, 0) is 25.3 Å². The quantitative estimate of drug-likeness (QED) is 0.657. The highest BCUT2D eigenvalue weighted by Crippen LogP contribution is 2.22. The van der Waals surface area contributed by atoms with Crippen molar-refractivity contribution in [2.75, 3.05) is 13.7 Å². The lowest BCUT2D eigenvalue weighted by Gasteiger charge is -2.33. The lowest BCUT2D eigenvalue weighted by Crippen LogP contribution is -2.48. The maximum Gasteiger partial charge on any atom is 0.310 e. The van der Waals surface area contributed by atoms with Crippen molar-refractivity contribution < 1.29 is 9.53 Å². The average Bonchev–Trinajstić information content (AvgIpc) is 2.16. The normalized spacial score (nSPS) is 28.9. The first-order valence-electron chi connectivity index (χ1n) is 4.98. The third kappa shape index (κ3) is 2.44. The van der Waals surface area contributed by atoms with Gasteiger partial charge in [0.2, 0.25) is 0 Å². The Morgan fingerprint density at radius 1 is 1.54 bits per heavy atom. The first-order chi connectivity index (χ1) is 6.16. The number of rotatable bonds is 2. The molecule has 0 saturated carbocycles. The molecule has 0 spiro atoms. The average molecular weight is 185 g/mol. The van der Waals surface area contributed by atoms with Crippen LogP contribution >= 0.6 is 0 Å². The summed E-state index contributed by atoms with van der Waals surface area (Å²) in [6.07, 6.45) is 2.03. The lowest BCUT2D eigenvalue weighted by atomic mass is 9.84. The molecule has 0 bridgehead atoms. The summed E-state index contributed by atoms with van der Waals surface area (Å²) in [5.74, 6) is 0.481. The van der Waals surface area contributed by atoms with Gasteiger partial charge in [0.1, 0.15) is 0 Å². The number of methoxy groups -OCH3 is 1. The predicted octanol–water partition coefficient (Wildman–Crippen LogP) is 1.18. The Labute approximate surface area is 79.8 Å². The second kappa shape index (κ2) is 4.61. The molecule has 0 aromatic carbocycles. The van der Waals surface area contributed by atoms with Gasteiger partial charge in [-0.2, -0.15) is 0 Å². The van der Waals surface area contributed by atoms with Crippen LogP contribution in [0.3, 0.4) is 0 Å². The molecule has 1 saturated heterocycles. The van der Waals surface area contributed by atoms with E-state index in [4.69, 9.17) is 4.74 Å². The molecule has 1 rings (SSSR count). The van der Waals surface area contributed by atoms with Crippen LogP contribution in [-0.2, 0) is 9.53 Å². The van der Waals surface area contributed by atoms with Crippen LogP contribution in [0.1, 0.15) is 26.7 Å². The molecule has 0 radical (unpaired) electrons. The van der Waals surface area contributed by atoms with Crippen molar-refractivity contribution in [3.05, 3.63) is 0 Å². The molecule has 0 aliphatic carbocycles. The standard InChI is InChI=1S/C10H19NO2/c1-7(2)9-8(10(12)13-3)5-4-6-11-9/h7-9,11H,4-6H2,1-3H3/t8-,9+/m0/s1. The van der Waals surface area contributed by atoms with Crippen LogP contribution in [0.5, 0.6) is 0 Å². The number of piperidine rings is 1. The second-order valence-corrected chi connectivity index (χ2v) is 4.00. The molecule has 1 heterocycles. The molecule has 0 aromatic rings. The van der Waals surface area contributed by atoms with Crippen molar-refractivity contribution in [1.82, 2.24) is 5.32 Å². The minimum atomic E-state index is -0.0640. The Morgan fingerprint density at radius 2 is 2.23 bits per heavy atom. The molecule has 1 fully saturated rings. The van der Waals surface area contributed by atoms with E-state index in [1.54, 1.807) is 0 Å². The number of hydrogen-bond acceptors (Lipinski definition) is 3. The highest BCUT2D eigenvalue weighted by Gasteiger charge is 2.33. The van der Waals surface area contributed by atoms with Crippen molar-refractivity contribution in [2.24, 2.45) is 11.8 Å². The first kappa shape index (κ1) is 10.5. The van der Waals surface area contributed by atoms with E-state index in [9.17, 15) is 4.79 Å². The largest absolute Gasteiger partial charge is 0.469 e. The molecule has 76 valence electrons. The molecule has 0 unspecified atom stereocenters. The Morgan fingerprint density at radius 3 is 2.77 bits per heavy atom. The SMILES string of the molecule is COC(=O)[C@H]1CCCN[C@@H]1C(C)C. The van der Waals surface area contributed by atoms with Crippen LogP contribution in [-0.4, -0.2) is 25.7 Å². The van der Waals surface area contributed by atoms with Gasteiger partial charge in [-0.15, -0.1) is 0 Å². The minimum Gasteiger partial charge on any atom is -0.469 e. The molecule has 1 aliphatic rings. The van der Waals surface area contributed by atoms with E-state index in [0.717, 1.165) is 19.4 Å². The van der Waals surface area contributed by atoms with Crippen LogP contribution in [0, 0.1) is 11.8 Å². The van der Waals surface area contributed by atoms with Crippen LogP contribution < -0.4 is 5.32 Å². The van der Waals surface area contributed by atoms with Gasteiger partial charge in [0.15, 0.2) is 0 Å². The third-order valence-electron chi connectivity index (χ3n) is 2.73. The summed E-state index contributed by atoms with van der Waals surface area (Å²) in [6, 6.07) is 0.293. The summed E-state index contributed by atoms with van der Waals surface area (Å²) in [5, 5.41) is 3.38. The number of hydrogen-bond donors (Lipinski definition) is 1. The summed E-state index contributed by atoms with van der Waals surface area (Å²) in [6.45, 7) is 5.30. The van der Waals surface area contributed by atoms with Gasteiger partial charge in [0.05, 0.1) is 13.0 Å².